The van der Waals surface area contributed by atoms with E-state index >= 15 is 0 Å². The maximum atomic E-state index is 12.1. The van der Waals surface area contributed by atoms with Gasteiger partial charge in [-0.25, -0.2) is 4.79 Å². The second-order valence-corrected chi connectivity index (χ2v) is 7.45. The third kappa shape index (κ3) is 3.12. The summed E-state index contributed by atoms with van der Waals surface area (Å²) in [6.45, 7) is 2.65. The number of hydrogen-bond donors (Lipinski definition) is 0. The number of para-hydroxylation sites is 1. The number of rotatable bonds is 4. The Hall–Kier alpha value is -3.37. The Bertz CT molecular complexity index is 1180. The molecule has 29 heavy (non-hydrogen) atoms. The van der Waals surface area contributed by atoms with Gasteiger partial charge in [0.05, 0.1) is 18.2 Å². The van der Waals surface area contributed by atoms with E-state index in [1.807, 2.05) is 30.3 Å². The van der Waals surface area contributed by atoms with Gasteiger partial charge in [0.15, 0.2) is 0 Å². The predicted octanol–water partition coefficient (Wildman–Crippen LogP) is 4.93. The number of hydrogen-bond acceptors (Lipinski definition) is 3. The van der Waals surface area contributed by atoms with Crippen molar-refractivity contribution in [3.05, 3.63) is 101 Å². The van der Waals surface area contributed by atoms with Crippen molar-refractivity contribution in [1.29, 1.82) is 0 Å². The van der Waals surface area contributed by atoms with Crippen molar-refractivity contribution in [2.45, 2.75) is 19.6 Å². The fraction of sp³-hybridized carbons (Fsp3) is 0.160. The van der Waals surface area contributed by atoms with Crippen LogP contribution in [-0.4, -0.2) is 22.5 Å². The topological polar surface area (TPSA) is 34.5 Å². The number of fused-ring (bicyclic) bond motifs is 3. The molecule has 0 N–H and O–H groups in total. The Morgan fingerprint density at radius 1 is 0.931 bits per heavy atom. The normalized spacial score (nSPS) is 13.6. The first kappa shape index (κ1) is 17.7. The number of nitrogens with zero attached hydrogens (tertiary/aromatic N) is 2. The smallest absolute Gasteiger partial charge is 0.337 e. The molecular weight excluding hydrogens is 360 g/mol. The van der Waals surface area contributed by atoms with Crippen LogP contribution in [-0.2, 0) is 24.4 Å². The molecule has 1 aromatic heterocycles. The number of benzene rings is 3. The van der Waals surface area contributed by atoms with E-state index in [0.717, 1.165) is 36.2 Å². The zero-order chi connectivity index (χ0) is 19.8. The average molecular weight is 382 g/mol. The number of esters is 1. The van der Waals surface area contributed by atoms with Crippen LogP contribution in [0.25, 0.3) is 16.6 Å². The molecule has 0 spiro atoms. The van der Waals surface area contributed by atoms with E-state index in [-0.39, 0.29) is 5.97 Å². The van der Waals surface area contributed by atoms with Gasteiger partial charge in [-0.05, 0) is 41.5 Å². The molecule has 4 aromatic rings. The Morgan fingerprint density at radius 2 is 1.66 bits per heavy atom. The van der Waals surface area contributed by atoms with Crippen LogP contribution in [0.1, 0.15) is 27.2 Å². The Labute approximate surface area is 170 Å². The molecule has 0 radical (unpaired) electrons. The molecule has 5 rings (SSSR count). The third-order valence-electron chi connectivity index (χ3n) is 5.62. The van der Waals surface area contributed by atoms with Crippen molar-refractivity contribution in [2.75, 3.05) is 7.11 Å². The van der Waals surface area contributed by atoms with Crippen LogP contribution in [0.2, 0.25) is 0 Å². The molecule has 0 fully saturated rings. The van der Waals surface area contributed by atoms with Gasteiger partial charge in [-0.15, -0.1) is 0 Å². The van der Waals surface area contributed by atoms with E-state index in [1.165, 1.54) is 23.9 Å². The molecule has 0 bridgehead atoms. The number of carbonyl (C=O) groups is 1. The van der Waals surface area contributed by atoms with E-state index in [9.17, 15) is 4.79 Å². The van der Waals surface area contributed by atoms with Crippen LogP contribution >= 0.6 is 0 Å². The van der Waals surface area contributed by atoms with Gasteiger partial charge >= 0.3 is 5.97 Å². The molecule has 0 saturated heterocycles. The van der Waals surface area contributed by atoms with Crippen molar-refractivity contribution < 1.29 is 9.53 Å². The second-order valence-electron chi connectivity index (χ2n) is 7.45. The fourth-order valence-corrected chi connectivity index (χ4v) is 4.31. The van der Waals surface area contributed by atoms with Crippen molar-refractivity contribution in [3.63, 3.8) is 0 Å². The SMILES string of the molecule is COC(=O)c1ccc2c(c1)c1c(n2-c2ccccc2)CN(Cc2ccccc2)C1. The minimum Gasteiger partial charge on any atom is -0.465 e. The molecule has 4 nitrogen and oxygen atoms in total. The van der Waals surface area contributed by atoms with Gasteiger partial charge in [-0.3, -0.25) is 4.90 Å². The summed E-state index contributed by atoms with van der Waals surface area (Å²) in [6.07, 6.45) is 0. The van der Waals surface area contributed by atoms with Crippen LogP contribution in [0.3, 0.4) is 0 Å². The zero-order valence-electron chi connectivity index (χ0n) is 16.3. The first-order chi connectivity index (χ1) is 14.2. The molecule has 1 aliphatic rings. The van der Waals surface area contributed by atoms with Crippen LogP contribution in [0, 0.1) is 0 Å². The molecule has 0 aliphatic carbocycles. The van der Waals surface area contributed by atoms with E-state index < -0.39 is 0 Å². The molecule has 2 heterocycles. The van der Waals surface area contributed by atoms with E-state index in [0.29, 0.717) is 5.56 Å². The van der Waals surface area contributed by atoms with Crippen LogP contribution in [0.15, 0.2) is 78.9 Å². The molecule has 0 atom stereocenters. The van der Waals surface area contributed by atoms with Gasteiger partial charge in [0.1, 0.15) is 0 Å². The fourth-order valence-electron chi connectivity index (χ4n) is 4.31. The minimum atomic E-state index is -0.299. The van der Waals surface area contributed by atoms with Gasteiger partial charge in [-0.1, -0.05) is 48.5 Å². The number of carbonyl (C=O) groups excluding carboxylic acids is 1. The second kappa shape index (κ2) is 7.22. The van der Waals surface area contributed by atoms with Crippen molar-refractivity contribution in [3.8, 4) is 5.69 Å². The summed E-state index contributed by atoms with van der Waals surface area (Å²) in [6, 6.07) is 26.8. The first-order valence-corrected chi connectivity index (χ1v) is 9.81. The van der Waals surface area contributed by atoms with Gasteiger partial charge in [-0.2, -0.15) is 0 Å². The van der Waals surface area contributed by atoms with Gasteiger partial charge in [0.2, 0.25) is 0 Å². The van der Waals surface area contributed by atoms with Crippen molar-refractivity contribution in [1.82, 2.24) is 9.47 Å². The van der Waals surface area contributed by atoms with E-state index in [2.05, 4.69) is 58.0 Å². The Morgan fingerprint density at radius 3 is 2.38 bits per heavy atom. The summed E-state index contributed by atoms with van der Waals surface area (Å²) in [5.74, 6) is -0.299. The van der Waals surface area contributed by atoms with E-state index in [1.54, 1.807) is 0 Å². The highest BCUT2D eigenvalue weighted by Crippen LogP contribution is 2.36. The third-order valence-corrected chi connectivity index (χ3v) is 5.62. The predicted molar refractivity (Wildman–Crippen MR) is 114 cm³/mol. The van der Waals surface area contributed by atoms with Gasteiger partial charge in [0, 0.05) is 36.4 Å². The van der Waals surface area contributed by atoms with Gasteiger partial charge < -0.3 is 9.30 Å². The molecule has 0 unspecified atom stereocenters. The van der Waals surface area contributed by atoms with Crippen LogP contribution in [0.5, 0.6) is 0 Å². The molecule has 144 valence electrons. The molecule has 0 saturated carbocycles. The summed E-state index contributed by atoms with van der Waals surface area (Å²) < 4.78 is 7.27. The first-order valence-electron chi connectivity index (χ1n) is 9.81. The summed E-state index contributed by atoms with van der Waals surface area (Å²) in [4.78, 5) is 14.5. The largest absolute Gasteiger partial charge is 0.465 e. The number of ether oxygens (including phenoxy) is 1. The van der Waals surface area contributed by atoms with E-state index in [4.69, 9.17) is 4.74 Å². The zero-order valence-corrected chi connectivity index (χ0v) is 16.3. The van der Waals surface area contributed by atoms with Crippen molar-refractivity contribution in [2.24, 2.45) is 0 Å². The average Bonchev–Trinajstić information content (AvgIpc) is 3.30. The summed E-state index contributed by atoms with van der Waals surface area (Å²) in [5, 5.41) is 1.13. The standard InChI is InChI=1S/C25H22N2O2/c1-29-25(28)19-12-13-23-21(14-19)22-16-26(15-18-8-4-2-5-9-18)17-24(22)27(23)20-10-6-3-7-11-20/h2-14H,15-17H2,1H3. The number of methoxy groups -OCH3 is 1. The quantitative estimate of drug-likeness (QED) is 0.469. The lowest BCUT2D eigenvalue weighted by Crippen LogP contribution is -2.17. The molecule has 0 amide bonds. The maximum absolute atomic E-state index is 12.1. The summed E-state index contributed by atoms with van der Waals surface area (Å²) >= 11 is 0. The molecular formula is C25H22N2O2. The molecule has 3 aromatic carbocycles. The van der Waals surface area contributed by atoms with Crippen LogP contribution in [0.4, 0.5) is 0 Å². The number of aromatic nitrogens is 1. The van der Waals surface area contributed by atoms with Gasteiger partial charge in [0.25, 0.3) is 0 Å². The monoisotopic (exact) mass is 382 g/mol. The Kier molecular flexibility index (Phi) is 4.41. The molecule has 4 heteroatoms. The summed E-state index contributed by atoms with van der Waals surface area (Å²) in [7, 11) is 1.42. The lowest BCUT2D eigenvalue weighted by Gasteiger charge is -2.17. The van der Waals surface area contributed by atoms with Crippen LogP contribution < -0.4 is 0 Å². The Balaban J connectivity index is 1.62. The minimum absolute atomic E-state index is 0.299. The highest BCUT2D eigenvalue weighted by Gasteiger charge is 2.28. The van der Waals surface area contributed by atoms with Crippen molar-refractivity contribution >= 4 is 16.9 Å². The molecule has 1 aliphatic heterocycles. The lowest BCUT2D eigenvalue weighted by atomic mass is 10.1. The lowest BCUT2D eigenvalue weighted by molar-refractivity contribution is 0.0601. The highest BCUT2D eigenvalue weighted by molar-refractivity contribution is 5.97. The highest BCUT2D eigenvalue weighted by atomic mass is 16.5. The summed E-state index contributed by atoms with van der Waals surface area (Å²) in [5.41, 5.74) is 6.77. The maximum Gasteiger partial charge on any atom is 0.337 e.